The van der Waals surface area contributed by atoms with Gasteiger partial charge in [-0.1, -0.05) is 17.7 Å². The van der Waals surface area contributed by atoms with Crippen LogP contribution in [-0.2, 0) is 0 Å². The van der Waals surface area contributed by atoms with E-state index in [4.69, 9.17) is 10.8 Å². The molecule has 0 heterocycles. The molecule has 71 valence electrons. The van der Waals surface area contributed by atoms with Crippen molar-refractivity contribution in [3.05, 3.63) is 29.3 Å². The molecule has 0 aromatic carbocycles. The second-order valence-electron chi connectivity index (χ2n) is 3.03. The molecule has 0 aromatic heterocycles. The van der Waals surface area contributed by atoms with Crippen molar-refractivity contribution in [1.82, 2.24) is 5.32 Å². The predicted octanol–water partition coefficient (Wildman–Crippen LogP) is 1.02. The summed E-state index contributed by atoms with van der Waals surface area (Å²) in [5.41, 5.74) is 7.73. The monoisotopic (exact) mass is 181 g/mol. The Morgan fingerprint density at radius 3 is 3.00 bits per heavy atom. The van der Waals surface area contributed by atoms with E-state index < -0.39 is 6.09 Å². The van der Waals surface area contributed by atoms with Gasteiger partial charge in [0.25, 0.3) is 0 Å². The number of nitrogens with one attached hydrogen (secondary N) is 1. The van der Waals surface area contributed by atoms with Gasteiger partial charge in [-0.15, -0.1) is 0 Å². The molecule has 0 saturated heterocycles. The van der Waals surface area contributed by atoms with Crippen LogP contribution in [0.3, 0.4) is 0 Å². The van der Waals surface area contributed by atoms with E-state index in [0.717, 1.165) is 17.2 Å². The van der Waals surface area contributed by atoms with Gasteiger partial charge in [-0.3, -0.25) is 0 Å². The van der Waals surface area contributed by atoms with Crippen LogP contribution >= 0.6 is 0 Å². The molecule has 0 spiro atoms. The first-order valence-corrected chi connectivity index (χ1v) is 4.04. The summed E-state index contributed by atoms with van der Waals surface area (Å²) in [5.74, 6) is 0. The van der Waals surface area contributed by atoms with Crippen LogP contribution in [0.1, 0.15) is 13.3 Å². The fourth-order valence-electron chi connectivity index (χ4n) is 1.18. The molecule has 0 atom stereocenters. The van der Waals surface area contributed by atoms with Crippen LogP contribution in [-0.4, -0.2) is 17.7 Å². The maximum atomic E-state index is 10.2. The Kier molecular flexibility index (Phi) is 3.08. The van der Waals surface area contributed by atoms with Crippen LogP contribution in [0.2, 0.25) is 0 Å². The van der Waals surface area contributed by atoms with Crippen LogP contribution < -0.4 is 11.1 Å². The number of carbonyl (C=O) groups is 1. The lowest BCUT2D eigenvalue weighted by atomic mass is 9.95. The zero-order chi connectivity index (χ0) is 9.84. The minimum absolute atomic E-state index is 0.353. The quantitative estimate of drug-likeness (QED) is 0.595. The molecule has 0 saturated carbocycles. The predicted molar refractivity (Wildman–Crippen MR) is 49.9 cm³/mol. The third-order valence-electron chi connectivity index (χ3n) is 1.98. The van der Waals surface area contributed by atoms with E-state index in [2.05, 4.69) is 5.32 Å². The molecule has 1 aliphatic rings. The van der Waals surface area contributed by atoms with Crippen molar-refractivity contribution in [3.8, 4) is 0 Å². The lowest BCUT2D eigenvalue weighted by Gasteiger charge is -2.17. The first-order valence-electron chi connectivity index (χ1n) is 4.04. The van der Waals surface area contributed by atoms with Gasteiger partial charge in [0.1, 0.15) is 0 Å². The molecule has 4 N–H and O–H groups in total. The molecular weight excluding hydrogens is 168 g/mol. The molecule has 1 aliphatic carbocycles. The minimum atomic E-state index is -1.01. The summed E-state index contributed by atoms with van der Waals surface area (Å²) < 4.78 is 0. The van der Waals surface area contributed by atoms with Gasteiger partial charge in [0, 0.05) is 6.54 Å². The minimum Gasteiger partial charge on any atom is -0.465 e. The van der Waals surface area contributed by atoms with Crippen molar-refractivity contribution in [2.75, 3.05) is 6.54 Å². The molecule has 0 fully saturated rings. The van der Waals surface area contributed by atoms with Gasteiger partial charge in [-0.2, -0.15) is 0 Å². The first kappa shape index (κ1) is 9.80. The average Bonchev–Trinajstić information content (AvgIpc) is 2.06. The summed E-state index contributed by atoms with van der Waals surface area (Å²) in [6, 6.07) is 0.771. The number of carboxylic acid groups (broad SMARTS) is 1. The largest absolute Gasteiger partial charge is 0.465 e. The fourth-order valence-corrected chi connectivity index (χ4v) is 1.18. The van der Waals surface area contributed by atoms with Gasteiger partial charge in [0.2, 0.25) is 0 Å². The number of amides is 1. The van der Waals surface area contributed by atoms with E-state index in [1.165, 1.54) is 0 Å². The Labute approximate surface area is 77.1 Å². The van der Waals surface area contributed by atoms with Gasteiger partial charge in [0.05, 0.1) is 6.04 Å². The summed E-state index contributed by atoms with van der Waals surface area (Å²) in [6.07, 6.45) is 3.40. The Hall–Kier alpha value is -1.29. The third kappa shape index (κ3) is 2.91. The SMILES string of the molecule is CC1=C(CNC(=O)O)C[C](N)C=C1. The van der Waals surface area contributed by atoms with E-state index >= 15 is 0 Å². The Morgan fingerprint density at radius 1 is 1.69 bits per heavy atom. The number of hydrogen-bond acceptors (Lipinski definition) is 2. The third-order valence-corrected chi connectivity index (χ3v) is 1.98. The number of nitrogens with two attached hydrogens (primary N) is 1. The Morgan fingerprint density at radius 2 is 2.38 bits per heavy atom. The summed E-state index contributed by atoms with van der Waals surface area (Å²) in [7, 11) is 0. The van der Waals surface area contributed by atoms with Crippen molar-refractivity contribution >= 4 is 6.09 Å². The van der Waals surface area contributed by atoms with Gasteiger partial charge < -0.3 is 16.2 Å². The smallest absolute Gasteiger partial charge is 0.404 e. The molecule has 0 unspecified atom stereocenters. The van der Waals surface area contributed by atoms with E-state index in [1.807, 2.05) is 19.1 Å². The van der Waals surface area contributed by atoms with Crippen molar-refractivity contribution in [1.29, 1.82) is 0 Å². The van der Waals surface area contributed by atoms with Crippen molar-refractivity contribution in [2.45, 2.75) is 13.3 Å². The molecule has 0 aliphatic heterocycles. The number of allylic oxidation sites excluding steroid dienone is 2. The van der Waals surface area contributed by atoms with Crippen molar-refractivity contribution in [2.24, 2.45) is 5.73 Å². The van der Waals surface area contributed by atoms with Gasteiger partial charge in [0.15, 0.2) is 0 Å². The molecular formula is C9H13N2O2. The van der Waals surface area contributed by atoms with E-state index in [1.54, 1.807) is 0 Å². The number of rotatable bonds is 2. The second kappa shape index (κ2) is 4.09. The summed E-state index contributed by atoms with van der Waals surface area (Å²) in [4.78, 5) is 10.2. The van der Waals surface area contributed by atoms with E-state index in [9.17, 15) is 4.79 Å². The molecule has 0 aromatic rings. The summed E-state index contributed by atoms with van der Waals surface area (Å²) >= 11 is 0. The fraction of sp³-hybridized carbons (Fsp3) is 0.333. The van der Waals surface area contributed by atoms with E-state index in [0.29, 0.717) is 13.0 Å². The average molecular weight is 181 g/mol. The highest BCUT2D eigenvalue weighted by atomic mass is 16.4. The van der Waals surface area contributed by atoms with Gasteiger partial charge >= 0.3 is 6.09 Å². The topological polar surface area (TPSA) is 75.3 Å². The molecule has 4 nitrogen and oxygen atoms in total. The van der Waals surface area contributed by atoms with Gasteiger partial charge in [-0.05, 0) is 18.9 Å². The second-order valence-corrected chi connectivity index (χ2v) is 3.03. The zero-order valence-electron chi connectivity index (χ0n) is 7.50. The molecule has 0 bridgehead atoms. The number of hydrogen-bond donors (Lipinski definition) is 3. The van der Waals surface area contributed by atoms with Gasteiger partial charge in [-0.25, -0.2) is 4.79 Å². The Bertz CT molecular complexity index is 269. The van der Waals surface area contributed by atoms with Crippen LogP contribution in [0.4, 0.5) is 4.79 Å². The van der Waals surface area contributed by atoms with Crippen LogP contribution in [0, 0.1) is 6.04 Å². The summed E-state index contributed by atoms with van der Waals surface area (Å²) in [6.45, 7) is 2.30. The maximum absolute atomic E-state index is 10.2. The Balaban J connectivity index is 2.56. The standard InChI is InChI=1S/C9H13N2O2/c1-6-2-3-8(10)4-7(6)5-11-9(12)13/h2-3,11H,4-5,10H2,1H3,(H,12,13). The maximum Gasteiger partial charge on any atom is 0.404 e. The lowest BCUT2D eigenvalue weighted by molar-refractivity contribution is 0.195. The highest BCUT2D eigenvalue weighted by Gasteiger charge is 2.11. The van der Waals surface area contributed by atoms with Crippen molar-refractivity contribution in [3.63, 3.8) is 0 Å². The zero-order valence-corrected chi connectivity index (χ0v) is 7.50. The molecule has 1 rings (SSSR count). The molecule has 4 heteroatoms. The van der Waals surface area contributed by atoms with Crippen molar-refractivity contribution < 1.29 is 9.90 Å². The van der Waals surface area contributed by atoms with E-state index in [-0.39, 0.29) is 0 Å². The highest BCUT2D eigenvalue weighted by Crippen LogP contribution is 2.20. The highest BCUT2D eigenvalue weighted by molar-refractivity contribution is 5.65. The summed E-state index contributed by atoms with van der Waals surface area (Å²) in [5, 5.41) is 10.7. The lowest BCUT2D eigenvalue weighted by Crippen LogP contribution is -2.26. The van der Waals surface area contributed by atoms with Crippen LogP contribution in [0.5, 0.6) is 0 Å². The van der Waals surface area contributed by atoms with Crippen LogP contribution in [0.25, 0.3) is 0 Å². The molecule has 1 radical (unpaired) electrons. The molecule has 1 amide bonds. The first-order chi connectivity index (χ1) is 6.09. The van der Waals surface area contributed by atoms with Crippen LogP contribution in [0.15, 0.2) is 23.3 Å². The normalized spacial score (nSPS) is 17.7. The molecule has 13 heavy (non-hydrogen) atoms.